The number of benzene rings is 1. The molecule has 0 atom stereocenters. The van der Waals surface area contributed by atoms with Crippen molar-refractivity contribution in [1.82, 2.24) is 0 Å². The number of hydrogen-bond acceptors (Lipinski definition) is 3. The van der Waals surface area contributed by atoms with Gasteiger partial charge in [-0.15, -0.1) is 0 Å². The van der Waals surface area contributed by atoms with Crippen LogP contribution < -0.4 is 0 Å². The second kappa shape index (κ2) is 4.61. The highest BCUT2D eigenvalue weighted by Crippen LogP contribution is 2.19. The normalized spacial score (nSPS) is 9.80. The average Bonchev–Trinajstić information content (AvgIpc) is 2.19. The maximum atomic E-state index is 11.3. The molecule has 1 rings (SSSR count). The highest BCUT2D eigenvalue weighted by molar-refractivity contribution is 14.1. The van der Waals surface area contributed by atoms with Crippen LogP contribution in [-0.4, -0.2) is 24.2 Å². The van der Waals surface area contributed by atoms with Crippen LogP contribution in [0.25, 0.3) is 0 Å². The third-order valence-corrected chi connectivity index (χ3v) is 2.63. The Bertz CT molecular complexity index is 426. The Morgan fingerprint density at radius 2 is 1.87 bits per heavy atom. The van der Waals surface area contributed by atoms with Crippen LogP contribution in [0.4, 0.5) is 0 Å². The molecule has 0 spiro atoms. The molecule has 0 aromatic heterocycles. The van der Waals surface area contributed by atoms with Gasteiger partial charge in [-0.3, -0.25) is 0 Å². The van der Waals surface area contributed by atoms with E-state index in [0.29, 0.717) is 14.7 Å². The van der Waals surface area contributed by atoms with E-state index in [1.165, 1.54) is 13.2 Å². The number of rotatable bonds is 2. The molecule has 5 heteroatoms. The van der Waals surface area contributed by atoms with Gasteiger partial charge in [-0.25, -0.2) is 9.59 Å². The number of aromatic carboxylic acids is 1. The molecule has 1 aromatic carbocycles. The Morgan fingerprint density at radius 1 is 1.33 bits per heavy atom. The van der Waals surface area contributed by atoms with Gasteiger partial charge >= 0.3 is 11.9 Å². The molecule has 1 N–H and O–H groups in total. The zero-order valence-corrected chi connectivity index (χ0v) is 10.4. The first-order valence-electron chi connectivity index (χ1n) is 4.09. The van der Waals surface area contributed by atoms with E-state index in [4.69, 9.17) is 5.11 Å². The molecular weight excluding hydrogens is 311 g/mol. The maximum Gasteiger partial charge on any atom is 0.338 e. The molecule has 0 radical (unpaired) electrons. The number of carbonyl (C=O) groups excluding carboxylic acids is 1. The van der Waals surface area contributed by atoms with Crippen molar-refractivity contribution in [1.29, 1.82) is 0 Å². The number of halogens is 1. The van der Waals surface area contributed by atoms with E-state index < -0.39 is 11.9 Å². The van der Waals surface area contributed by atoms with E-state index in [9.17, 15) is 9.59 Å². The Morgan fingerprint density at radius 3 is 2.33 bits per heavy atom. The largest absolute Gasteiger partial charge is 0.478 e. The van der Waals surface area contributed by atoms with E-state index in [2.05, 4.69) is 4.74 Å². The van der Waals surface area contributed by atoms with Gasteiger partial charge < -0.3 is 9.84 Å². The lowest BCUT2D eigenvalue weighted by Crippen LogP contribution is -2.09. The van der Waals surface area contributed by atoms with Gasteiger partial charge in [0.1, 0.15) is 0 Å². The van der Waals surface area contributed by atoms with Gasteiger partial charge in [-0.2, -0.15) is 0 Å². The molecule has 1 aromatic rings. The molecule has 15 heavy (non-hydrogen) atoms. The molecule has 0 aliphatic carbocycles. The highest BCUT2D eigenvalue weighted by atomic mass is 127. The van der Waals surface area contributed by atoms with Crippen LogP contribution in [0.5, 0.6) is 0 Å². The van der Waals surface area contributed by atoms with Crippen LogP contribution in [-0.2, 0) is 4.74 Å². The van der Waals surface area contributed by atoms with Gasteiger partial charge in [0.2, 0.25) is 0 Å². The lowest BCUT2D eigenvalue weighted by atomic mass is 10.0. The lowest BCUT2D eigenvalue weighted by molar-refractivity contribution is 0.0600. The first kappa shape index (κ1) is 12.0. The molecule has 0 fully saturated rings. The summed E-state index contributed by atoms with van der Waals surface area (Å²) in [4.78, 5) is 22.2. The minimum absolute atomic E-state index is 0.127. The maximum absolute atomic E-state index is 11.3. The first-order valence-corrected chi connectivity index (χ1v) is 5.17. The van der Waals surface area contributed by atoms with Gasteiger partial charge in [-0.1, -0.05) is 0 Å². The monoisotopic (exact) mass is 320 g/mol. The second-order valence-electron chi connectivity index (χ2n) is 2.92. The average molecular weight is 320 g/mol. The van der Waals surface area contributed by atoms with Crippen LogP contribution in [0, 0.1) is 10.5 Å². The molecule has 0 saturated heterocycles. The van der Waals surface area contributed by atoms with Crippen LogP contribution in [0.1, 0.15) is 26.3 Å². The number of carbonyl (C=O) groups is 2. The van der Waals surface area contributed by atoms with Gasteiger partial charge in [0.05, 0.1) is 18.2 Å². The first-order chi connectivity index (χ1) is 6.97. The van der Waals surface area contributed by atoms with Crippen molar-refractivity contribution in [3.05, 3.63) is 32.4 Å². The fraction of sp³-hybridized carbons (Fsp3) is 0.200. The summed E-state index contributed by atoms with van der Waals surface area (Å²) in [5.74, 6) is -1.57. The summed E-state index contributed by atoms with van der Waals surface area (Å²) in [6.07, 6.45) is 0. The summed E-state index contributed by atoms with van der Waals surface area (Å²) < 4.78 is 5.26. The predicted octanol–water partition coefficient (Wildman–Crippen LogP) is 2.08. The number of carboxylic acid groups (broad SMARTS) is 1. The van der Waals surface area contributed by atoms with Crippen LogP contribution >= 0.6 is 22.6 Å². The van der Waals surface area contributed by atoms with Gasteiger partial charge in [0.25, 0.3) is 0 Å². The topological polar surface area (TPSA) is 63.6 Å². The fourth-order valence-corrected chi connectivity index (χ4v) is 1.85. The summed E-state index contributed by atoms with van der Waals surface area (Å²) in [5, 5.41) is 8.91. The quantitative estimate of drug-likeness (QED) is 0.669. The van der Waals surface area contributed by atoms with Crippen molar-refractivity contribution in [3.63, 3.8) is 0 Å². The Kier molecular flexibility index (Phi) is 3.67. The molecule has 0 aliphatic heterocycles. The van der Waals surface area contributed by atoms with Gasteiger partial charge in [-0.05, 0) is 47.2 Å². The minimum Gasteiger partial charge on any atom is -0.478 e. The zero-order valence-electron chi connectivity index (χ0n) is 8.20. The molecule has 0 aliphatic rings. The zero-order chi connectivity index (χ0) is 11.6. The van der Waals surface area contributed by atoms with E-state index in [0.717, 1.165) is 0 Å². The van der Waals surface area contributed by atoms with Crippen molar-refractivity contribution >= 4 is 34.5 Å². The van der Waals surface area contributed by atoms with Gasteiger partial charge in [0, 0.05) is 3.57 Å². The molecule has 0 unspecified atom stereocenters. The number of esters is 1. The number of methoxy groups -OCH3 is 1. The minimum atomic E-state index is -1.05. The fourth-order valence-electron chi connectivity index (χ4n) is 1.22. The lowest BCUT2D eigenvalue weighted by Gasteiger charge is -2.07. The Balaban J connectivity index is 3.41. The number of carboxylic acids is 1. The summed E-state index contributed by atoms with van der Waals surface area (Å²) in [6.45, 7) is 1.59. The number of hydrogen-bond donors (Lipinski definition) is 1. The third kappa shape index (κ3) is 2.47. The summed E-state index contributed by atoms with van der Waals surface area (Å²) >= 11 is 1.96. The molecule has 0 heterocycles. The molecule has 0 bridgehead atoms. The summed E-state index contributed by atoms with van der Waals surface area (Å²) in [6, 6.07) is 3.12. The van der Waals surface area contributed by atoms with E-state index >= 15 is 0 Å². The van der Waals surface area contributed by atoms with Crippen molar-refractivity contribution < 1.29 is 19.4 Å². The number of ether oxygens (including phenoxy) is 1. The van der Waals surface area contributed by atoms with E-state index in [1.54, 1.807) is 13.0 Å². The highest BCUT2D eigenvalue weighted by Gasteiger charge is 2.17. The Labute approximate surface area is 100 Å². The van der Waals surface area contributed by atoms with Crippen LogP contribution in [0.2, 0.25) is 0 Å². The predicted molar refractivity (Wildman–Crippen MR) is 62.2 cm³/mol. The van der Waals surface area contributed by atoms with E-state index in [1.807, 2.05) is 22.6 Å². The molecule has 0 saturated carbocycles. The smallest absolute Gasteiger partial charge is 0.338 e. The summed E-state index contributed by atoms with van der Waals surface area (Å²) in [7, 11) is 1.27. The van der Waals surface area contributed by atoms with Crippen molar-refractivity contribution in [2.45, 2.75) is 6.92 Å². The van der Waals surface area contributed by atoms with Crippen molar-refractivity contribution in [2.75, 3.05) is 7.11 Å². The van der Waals surface area contributed by atoms with Crippen LogP contribution in [0.3, 0.4) is 0 Å². The SMILES string of the molecule is COC(=O)c1cc(I)cc(C(=O)O)c1C. The van der Waals surface area contributed by atoms with Gasteiger partial charge in [0.15, 0.2) is 0 Å². The molecular formula is C10H9IO4. The third-order valence-electron chi connectivity index (χ3n) is 2.01. The molecule has 80 valence electrons. The second-order valence-corrected chi connectivity index (χ2v) is 4.17. The van der Waals surface area contributed by atoms with Crippen molar-refractivity contribution in [3.8, 4) is 0 Å². The standard InChI is InChI=1S/C10H9IO4/c1-5-7(9(12)13)3-6(11)4-8(5)10(14)15-2/h3-4H,1-2H3,(H,12,13). The van der Waals surface area contributed by atoms with Crippen molar-refractivity contribution in [2.24, 2.45) is 0 Å². The summed E-state index contributed by atoms with van der Waals surface area (Å²) in [5.41, 5.74) is 0.846. The van der Waals surface area contributed by atoms with E-state index in [-0.39, 0.29) is 5.56 Å². The molecule has 0 amide bonds. The molecule has 4 nitrogen and oxygen atoms in total. The van der Waals surface area contributed by atoms with Crippen LogP contribution in [0.15, 0.2) is 12.1 Å². The Hall–Kier alpha value is -1.11.